The lowest BCUT2D eigenvalue weighted by atomic mass is 9.81. The van der Waals surface area contributed by atoms with E-state index in [1.165, 1.54) is 0 Å². The zero-order chi connectivity index (χ0) is 35.9. The molecule has 0 aliphatic carbocycles. The molecule has 1 saturated heterocycles. The van der Waals surface area contributed by atoms with Crippen molar-refractivity contribution in [2.75, 3.05) is 26.8 Å². The first kappa shape index (κ1) is 38.6. The van der Waals surface area contributed by atoms with E-state index in [1.54, 1.807) is 12.0 Å². The minimum absolute atomic E-state index is 0.113. The number of aliphatic hydroxyl groups excluding tert-OH is 2. The molecular weight excluding hydrogens is 632 g/mol. The van der Waals surface area contributed by atoms with Crippen molar-refractivity contribution in [3.05, 3.63) is 102 Å². The van der Waals surface area contributed by atoms with Crippen LogP contribution in [-0.2, 0) is 33.8 Å². The van der Waals surface area contributed by atoms with Crippen LogP contribution in [0.25, 0.3) is 0 Å². The molecule has 0 saturated carbocycles. The summed E-state index contributed by atoms with van der Waals surface area (Å²) in [7, 11) is 1.62. The van der Waals surface area contributed by atoms with Gasteiger partial charge in [-0.05, 0) is 66.8 Å². The molecule has 1 aliphatic heterocycles. The summed E-state index contributed by atoms with van der Waals surface area (Å²) in [6.07, 6.45) is 1.87. The molecule has 1 unspecified atom stereocenters. The molecular formula is C40H54N4O6. The molecule has 5 atom stereocenters. The van der Waals surface area contributed by atoms with Gasteiger partial charge in [0.05, 0.1) is 19.3 Å². The summed E-state index contributed by atoms with van der Waals surface area (Å²) in [5, 5.41) is 30.3. The Morgan fingerprint density at radius 1 is 0.980 bits per heavy atom. The van der Waals surface area contributed by atoms with Gasteiger partial charge in [-0.1, -0.05) is 93.1 Å². The van der Waals surface area contributed by atoms with Gasteiger partial charge in [-0.3, -0.25) is 14.4 Å². The number of hydrogen-bond donors (Lipinski definition) is 5. The second-order valence-corrected chi connectivity index (χ2v) is 13.3. The third-order valence-corrected chi connectivity index (χ3v) is 9.90. The van der Waals surface area contributed by atoms with E-state index < -0.39 is 23.7 Å². The Balaban J connectivity index is 1.57. The number of nitrogens with one attached hydrogen (secondary N) is 3. The highest BCUT2D eigenvalue weighted by molar-refractivity contribution is 5.97. The van der Waals surface area contributed by atoms with E-state index in [4.69, 9.17) is 4.74 Å². The zero-order valence-electron chi connectivity index (χ0n) is 29.6. The predicted molar refractivity (Wildman–Crippen MR) is 194 cm³/mol. The highest BCUT2D eigenvalue weighted by Gasteiger charge is 2.53. The van der Waals surface area contributed by atoms with Crippen molar-refractivity contribution in [1.29, 1.82) is 0 Å². The molecule has 0 radical (unpaired) electrons. The molecule has 10 nitrogen and oxygen atoms in total. The number of benzene rings is 3. The third kappa shape index (κ3) is 10.4. The second kappa shape index (κ2) is 19.2. The van der Waals surface area contributed by atoms with Crippen LogP contribution in [0.15, 0.2) is 84.9 Å². The van der Waals surface area contributed by atoms with Crippen LogP contribution in [0.5, 0.6) is 5.75 Å². The van der Waals surface area contributed by atoms with Gasteiger partial charge >= 0.3 is 0 Å². The molecule has 3 aromatic carbocycles. The molecule has 270 valence electrons. The SMILES string of the molecule is CC[C@H](C)[C@@]1(NC(=O)CCCO)CCN([C@@H](CCc2ccccc2)C(=O)N[C@@H](Cc2ccccc2)C(O)CNCc2cccc(OC)c2)C1=O. The number of methoxy groups -OCH3 is 1. The topological polar surface area (TPSA) is 140 Å². The minimum Gasteiger partial charge on any atom is -0.497 e. The van der Waals surface area contributed by atoms with E-state index in [-0.39, 0.29) is 43.2 Å². The Hall–Kier alpha value is -4.25. The maximum absolute atomic E-state index is 14.4. The average Bonchev–Trinajstić information content (AvgIpc) is 3.46. The first-order valence-electron chi connectivity index (χ1n) is 17.8. The summed E-state index contributed by atoms with van der Waals surface area (Å²) in [6.45, 7) is 4.87. The number of ether oxygens (including phenoxy) is 1. The average molecular weight is 687 g/mol. The molecule has 3 aromatic rings. The van der Waals surface area contributed by atoms with Gasteiger partial charge in [0.15, 0.2) is 0 Å². The van der Waals surface area contributed by atoms with Crippen LogP contribution in [-0.4, -0.2) is 83.4 Å². The summed E-state index contributed by atoms with van der Waals surface area (Å²) in [5.41, 5.74) is 1.87. The summed E-state index contributed by atoms with van der Waals surface area (Å²) >= 11 is 0. The number of carbonyl (C=O) groups is 3. The highest BCUT2D eigenvalue weighted by atomic mass is 16.5. The highest BCUT2D eigenvalue weighted by Crippen LogP contribution is 2.35. The van der Waals surface area contributed by atoms with Gasteiger partial charge in [-0.15, -0.1) is 0 Å². The minimum atomic E-state index is -1.14. The quantitative estimate of drug-likeness (QED) is 0.122. The van der Waals surface area contributed by atoms with Crippen LogP contribution in [0.3, 0.4) is 0 Å². The first-order chi connectivity index (χ1) is 24.2. The van der Waals surface area contributed by atoms with Crippen molar-refractivity contribution < 1.29 is 29.3 Å². The Labute approximate surface area is 296 Å². The third-order valence-electron chi connectivity index (χ3n) is 9.90. The fourth-order valence-electron chi connectivity index (χ4n) is 6.75. The van der Waals surface area contributed by atoms with Gasteiger partial charge in [-0.2, -0.15) is 0 Å². The van der Waals surface area contributed by atoms with E-state index in [9.17, 15) is 24.6 Å². The predicted octanol–water partition coefficient (Wildman–Crippen LogP) is 3.78. The molecule has 0 spiro atoms. The number of hydrogen-bond acceptors (Lipinski definition) is 7. The molecule has 0 aromatic heterocycles. The second-order valence-electron chi connectivity index (χ2n) is 13.3. The largest absolute Gasteiger partial charge is 0.497 e. The van der Waals surface area contributed by atoms with Gasteiger partial charge in [0.2, 0.25) is 17.7 Å². The zero-order valence-corrected chi connectivity index (χ0v) is 29.6. The van der Waals surface area contributed by atoms with E-state index >= 15 is 0 Å². The van der Waals surface area contributed by atoms with Crippen molar-refractivity contribution in [3.63, 3.8) is 0 Å². The van der Waals surface area contributed by atoms with E-state index in [2.05, 4.69) is 16.0 Å². The molecule has 1 heterocycles. The number of amides is 3. The van der Waals surface area contributed by atoms with Crippen molar-refractivity contribution in [2.24, 2.45) is 5.92 Å². The van der Waals surface area contributed by atoms with Crippen LogP contribution < -0.4 is 20.7 Å². The van der Waals surface area contributed by atoms with Crippen molar-refractivity contribution in [1.82, 2.24) is 20.9 Å². The number of likely N-dealkylation sites (tertiary alicyclic amines) is 1. The summed E-state index contributed by atoms with van der Waals surface area (Å²) in [6, 6.07) is 25.8. The smallest absolute Gasteiger partial charge is 0.249 e. The van der Waals surface area contributed by atoms with Gasteiger partial charge < -0.3 is 35.8 Å². The van der Waals surface area contributed by atoms with Crippen LogP contribution in [0.2, 0.25) is 0 Å². The summed E-state index contributed by atoms with van der Waals surface area (Å²) in [5.74, 6) is -0.308. The number of rotatable bonds is 20. The standard InChI is InChI=1S/C40H54N4O6/c1-4-29(2)40(43-37(47)19-12-24-45)22-23-44(39(40)49)35(21-20-30-13-7-5-8-14-30)38(48)42-34(26-31-15-9-6-10-16-31)36(46)28-41-27-32-17-11-18-33(25-32)50-3/h5-11,13-18,25,29,34-36,41,45-46H,4,12,19-24,26-28H2,1-3H3,(H,42,48)(H,43,47)/t29-,34-,35-,36?,40-/m0/s1. The Bertz CT molecular complexity index is 1510. The van der Waals surface area contributed by atoms with Crippen LogP contribution in [0.1, 0.15) is 62.6 Å². The Morgan fingerprint density at radius 3 is 2.32 bits per heavy atom. The molecule has 10 heteroatoms. The van der Waals surface area contributed by atoms with E-state index in [1.807, 2.05) is 98.8 Å². The van der Waals surface area contributed by atoms with Gasteiger partial charge in [-0.25, -0.2) is 0 Å². The van der Waals surface area contributed by atoms with E-state index in [0.29, 0.717) is 51.6 Å². The molecule has 5 N–H and O–H groups in total. The fraction of sp³-hybridized carbons (Fsp3) is 0.475. The fourth-order valence-corrected chi connectivity index (χ4v) is 6.75. The number of nitrogens with zero attached hydrogens (tertiary/aromatic N) is 1. The number of carbonyl (C=O) groups excluding carboxylic acids is 3. The summed E-state index contributed by atoms with van der Waals surface area (Å²) < 4.78 is 5.33. The molecule has 1 aliphatic rings. The van der Waals surface area contributed by atoms with Gasteiger partial charge in [0.25, 0.3) is 0 Å². The molecule has 3 amide bonds. The maximum atomic E-state index is 14.4. The van der Waals surface area contributed by atoms with Crippen molar-refractivity contribution >= 4 is 17.7 Å². The van der Waals surface area contributed by atoms with E-state index in [0.717, 1.165) is 22.4 Å². The molecule has 1 fully saturated rings. The van der Waals surface area contributed by atoms with Crippen molar-refractivity contribution in [2.45, 2.75) is 89.1 Å². The molecule has 4 rings (SSSR count). The van der Waals surface area contributed by atoms with Gasteiger partial charge in [0.1, 0.15) is 17.3 Å². The van der Waals surface area contributed by atoms with Gasteiger partial charge in [0, 0.05) is 32.7 Å². The number of aryl methyl sites for hydroxylation is 1. The monoisotopic (exact) mass is 686 g/mol. The van der Waals surface area contributed by atoms with Crippen molar-refractivity contribution in [3.8, 4) is 5.75 Å². The van der Waals surface area contributed by atoms with Crippen LogP contribution in [0.4, 0.5) is 0 Å². The Kier molecular flexibility index (Phi) is 14.8. The Morgan fingerprint density at radius 2 is 1.66 bits per heavy atom. The lowest BCUT2D eigenvalue weighted by molar-refractivity contribution is -0.144. The molecule has 50 heavy (non-hydrogen) atoms. The molecule has 0 bridgehead atoms. The normalized spacial score (nSPS) is 18.3. The lowest BCUT2D eigenvalue weighted by Gasteiger charge is -2.36. The first-order valence-corrected chi connectivity index (χ1v) is 17.8. The summed E-state index contributed by atoms with van der Waals surface area (Å²) in [4.78, 5) is 43.4. The lowest BCUT2D eigenvalue weighted by Crippen LogP contribution is -2.61. The maximum Gasteiger partial charge on any atom is 0.249 e. The number of aliphatic hydroxyl groups is 2. The van der Waals surface area contributed by atoms with Crippen LogP contribution >= 0.6 is 0 Å². The van der Waals surface area contributed by atoms with Crippen LogP contribution in [0, 0.1) is 5.92 Å².